The van der Waals surface area contributed by atoms with Crippen molar-refractivity contribution in [2.45, 2.75) is 43.7 Å². The quantitative estimate of drug-likeness (QED) is 0.925. The molecule has 7 heteroatoms. The van der Waals surface area contributed by atoms with E-state index in [0.29, 0.717) is 13.0 Å². The molecule has 0 bridgehead atoms. The van der Waals surface area contributed by atoms with Crippen LogP contribution in [0, 0.1) is 11.6 Å². The molecule has 1 aromatic rings. The average Bonchev–Trinajstić information content (AvgIpc) is 2.90. The van der Waals surface area contributed by atoms with Crippen LogP contribution in [0.1, 0.15) is 31.7 Å². The topological polar surface area (TPSA) is 63.4 Å². The fourth-order valence-electron chi connectivity index (χ4n) is 2.58. The Bertz CT molecular complexity index is 605. The lowest BCUT2D eigenvalue weighted by Gasteiger charge is -2.23. The number of nitrogens with two attached hydrogens (primary N) is 1. The minimum absolute atomic E-state index is 0.0447. The van der Waals surface area contributed by atoms with Crippen LogP contribution in [0.25, 0.3) is 0 Å². The number of rotatable bonds is 4. The molecule has 1 fully saturated rings. The van der Waals surface area contributed by atoms with Crippen molar-refractivity contribution in [3.8, 4) is 0 Å². The Morgan fingerprint density at radius 2 is 2.10 bits per heavy atom. The molecule has 0 aromatic heterocycles. The zero-order chi connectivity index (χ0) is 14.9. The second-order valence-corrected chi connectivity index (χ2v) is 6.77. The molecule has 1 saturated heterocycles. The Morgan fingerprint density at radius 1 is 1.40 bits per heavy atom. The molecule has 1 aromatic carbocycles. The van der Waals surface area contributed by atoms with E-state index >= 15 is 0 Å². The maximum atomic E-state index is 13.9. The van der Waals surface area contributed by atoms with Crippen molar-refractivity contribution in [1.82, 2.24) is 4.31 Å². The number of hydrogen-bond acceptors (Lipinski definition) is 3. The Balaban J connectivity index is 2.51. The molecule has 1 aliphatic heterocycles. The molecule has 2 N–H and O–H groups in total. The van der Waals surface area contributed by atoms with Gasteiger partial charge in [0.2, 0.25) is 10.0 Å². The lowest BCUT2D eigenvalue weighted by atomic mass is 10.2. The highest BCUT2D eigenvalue weighted by Crippen LogP contribution is 2.30. The van der Waals surface area contributed by atoms with Crippen LogP contribution in [-0.4, -0.2) is 25.3 Å². The molecule has 0 radical (unpaired) electrons. The molecule has 4 nitrogen and oxygen atoms in total. The second-order valence-electron chi connectivity index (χ2n) is 4.91. The Hall–Kier alpha value is -1.05. The van der Waals surface area contributed by atoms with Gasteiger partial charge in [0, 0.05) is 19.1 Å². The SMILES string of the molecule is CCC1CCCN1S(=O)(=O)c1cc(CN)cc(F)c1F. The molecule has 112 valence electrons. The lowest BCUT2D eigenvalue weighted by molar-refractivity contribution is 0.375. The monoisotopic (exact) mass is 304 g/mol. The normalized spacial score (nSPS) is 20.5. The van der Waals surface area contributed by atoms with Gasteiger partial charge < -0.3 is 5.73 Å². The maximum absolute atomic E-state index is 13.9. The summed E-state index contributed by atoms with van der Waals surface area (Å²) in [7, 11) is -4.02. The predicted octanol–water partition coefficient (Wildman–Crippen LogP) is 1.99. The highest BCUT2D eigenvalue weighted by Gasteiger charge is 2.36. The van der Waals surface area contributed by atoms with Gasteiger partial charge in [0.25, 0.3) is 0 Å². The van der Waals surface area contributed by atoms with Gasteiger partial charge in [-0.2, -0.15) is 4.31 Å². The lowest BCUT2D eigenvalue weighted by Crippen LogP contribution is -2.35. The van der Waals surface area contributed by atoms with Crippen LogP contribution in [0.4, 0.5) is 8.78 Å². The molecule has 0 saturated carbocycles. The van der Waals surface area contributed by atoms with Gasteiger partial charge in [0.05, 0.1) is 0 Å². The average molecular weight is 304 g/mol. The number of hydrogen-bond donors (Lipinski definition) is 1. The summed E-state index contributed by atoms with van der Waals surface area (Å²) >= 11 is 0. The summed E-state index contributed by atoms with van der Waals surface area (Å²) < 4.78 is 53.7. The van der Waals surface area contributed by atoms with Crippen molar-refractivity contribution in [2.75, 3.05) is 6.54 Å². The van der Waals surface area contributed by atoms with Gasteiger partial charge in [-0.25, -0.2) is 17.2 Å². The number of halogens is 2. The van der Waals surface area contributed by atoms with E-state index < -0.39 is 26.6 Å². The van der Waals surface area contributed by atoms with E-state index in [4.69, 9.17) is 5.73 Å². The molecular weight excluding hydrogens is 286 g/mol. The van der Waals surface area contributed by atoms with E-state index in [2.05, 4.69) is 0 Å². The van der Waals surface area contributed by atoms with Gasteiger partial charge in [0.1, 0.15) is 4.90 Å². The molecule has 1 unspecified atom stereocenters. The molecule has 1 aliphatic rings. The van der Waals surface area contributed by atoms with E-state index in [0.717, 1.165) is 25.0 Å². The first-order valence-corrected chi connectivity index (χ1v) is 8.05. The second kappa shape index (κ2) is 5.75. The van der Waals surface area contributed by atoms with Gasteiger partial charge in [-0.1, -0.05) is 6.92 Å². The summed E-state index contributed by atoms with van der Waals surface area (Å²) in [4.78, 5) is -0.613. The van der Waals surface area contributed by atoms with Gasteiger partial charge >= 0.3 is 0 Å². The first-order chi connectivity index (χ1) is 9.41. The third kappa shape index (κ3) is 2.57. The van der Waals surface area contributed by atoms with Crippen molar-refractivity contribution in [2.24, 2.45) is 5.73 Å². The molecule has 20 heavy (non-hydrogen) atoms. The van der Waals surface area contributed by atoms with Crippen molar-refractivity contribution in [3.05, 3.63) is 29.3 Å². The van der Waals surface area contributed by atoms with Crippen LogP contribution in [0.2, 0.25) is 0 Å². The first-order valence-electron chi connectivity index (χ1n) is 6.61. The smallest absolute Gasteiger partial charge is 0.246 e. The number of benzene rings is 1. The summed E-state index contributed by atoms with van der Waals surface area (Å²) in [6.07, 6.45) is 2.13. The van der Waals surface area contributed by atoms with Crippen LogP contribution in [0.3, 0.4) is 0 Å². The van der Waals surface area contributed by atoms with Crippen molar-refractivity contribution in [3.63, 3.8) is 0 Å². The van der Waals surface area contributed by atoms with Crippen LogP contribution in [-0.2, 0) is 16.6 Å². The highest BCUT2D eigenvalue weighted by molar-refractivity contribution is 7.89. The highest BCUT2D eigenvalue weighted by atomic mass is 32.2. The van der Waals surface area contributed by atoms with E-state index in [1.54, 1.807) is 0 Å². The fourth-order valence-corrected chi connectivity index (χ4v) is 4.48. The van der Waals surface area contributed by atoms with Gasteiger partial charge in [-0.3, -0.25) is 0 Å². The van der Waals surface area contributed by atoms with E-state index in [9.17, 15) is 17.2 Å². The van der Waals surface area contributed by atoms with Gasteiger partial charge in [-0.15, -0.1) is 0 Å². The summed E-state index contributed by atoms with van der Waals surface area (Å²) in [6.45, 7) is 2.18. The van der Waals surface area contributed by atoms with Crippen LogP contribution < -0.4 is 5.73 Å². The van der Waals surface area contributed by atoms with E-state index in [1.165, 1.54) is 4.31 Å². The Labute approximate surface area is 117 Å². The minimum atomic E-state index is -4.02. The van der Waals surface area contributed by atoms with Crippen molar-refractivity contribution < 1.29 is 17.2 Å². The third-order valence-corrected chi connectivity index (χ3v) is 5.62. The van der Waals surface area contributed by atoms with Gasteiger partial charge in [-0.05, 0) is 37.0 Å². The Morgan fingerprint density at radius 3 is 2.70 bits per heavy atom. The standard InChI is InChI=1S/C13H18F2N2O2S/c1-2-10-4-3-5-17(10)20(18,19)12-7-9(8-16)6-11(14)13(12)15/h6-7,10H,2-5,8,16H2,1H3. The first kappa shape index (κ1) is 15.3. The summed E-state index contributed by atoms with van der Waals surface area (Å²) in [5.41, 5.74) is 5.65. The maximum Gasteiger partial charge on any atom is 0.246 e. The molecule has 1 atom stereocenters. The number of sulfonamides is 1. The largest absolute Gasteiger partial charge is 0.326 e. The minimum Gasteiger partial charge on any atom is -0.326 e. The Kier molecular flexibility index (Phi) is 4.41. The zero-order valence-corrected chi connectivity index (χ0v) is 12.1. The molecule has 0 aliphatic carbocycles. The van der Waals surface area contributed by atoms with Crippen LogP contribution in [0.15, 0.2) is 17.0 Å². The third-order valence-electron chi connectivity index (χ3n) is 3.67. The van der Waals surface area contributed by atoms with Crippen molar-refractivity contribution >= 4 is 10.0 Å². The van der Waals surface area contributed by atoms with Gasteiger partial charge in [0.15, 0.2) is 11.6 Å². The summed E-state index contributed by atoms with van der Waals surface area (Å²) in [5.74, 6) is -2.51. The van der Waals surface area contributed by atoms with Crippen LogP contribution >= 0.6 is 0 Å². The molecule has 2 rings (SSSR count). The predicted molar refractivity (Wildman–Crippen MR) is 71.5 cm³/mol. The van der Waals surface area contributed by atoms with E-state index in [-0.39, 0.29) is 18.2 Å². The summed E-state index contributed by atoms with van der Waals surface area (Å²) in [5, 5.41) is 0. The molecule has 1 heterocycles. The molecule has 0 amide bonds. The molecular formula is C13H18F2N2O2S. The fraction of sp³-hybridized carbons (Fsp3) is 0.538. The number of nitrogens with zero attached hydrogens (tertiary/aromatic N) is 1. The van der Waals surface area contributed by atoms with Crippen LogP contribution in [0.5, 0.6) is 0 Å². The zero-order valence-electron chi connectivity index (χ0n) is 11.3. The van der Waals surface area contributed by atoms with Crippen molar-refractivity contribution in [1.29, 1.82) is 0 Å². The van der Waals surface area contributed by atoms with E-state index in [1.807, 2.05) is 6.92 Å². The summed E-state index contributed by atoms with van der Waals surface area (Å²) in [6, 6.07) is 1.90. The molecule has 0 spiro atoms.